The molecule has 4 saturated carbocycles. The van der Waals surface area contributed by atoms with Crippen molar-refractivity contribution in [1.29, 1.82) is 0 Å². The second-order valence-corrected chi connectivity index (χ2v) is 27.2. The zero-order valence-electron chi connectivity index (χ0n) is 45.5. The molecule has 0 radical (unpaired) electrons. The van der Waals surface area contributed by atoms with E-state index in [-0.39, 0.29) is 82.6 Å². The average Bonchev–Trinajstić information content (AvgIpc) is 2.00. The first kappa shape index (κ1) is 65.6. The van der Waals surface area contributed by atoms with Crippen molar-refractivity contribution in [3.63, 3.8) is 0 Å². The van der Waals surface area contributed by atoms with Crippen LogP contribution in [-0.2, 0) is 67.2 Å². The van der Waals surface area contributed by atoms with Crippen LogP contribution in [0.25, 0.3) is 0 Å². The number of rotatable bonds is 13. The molecule has 4 aliphatic carbocycles. The van der Waals surface area contributed by atoms with E-state index in [4.69, 9.17) is 29.6 Å². The van der Waals surface area contributed by atoms with Gasteiger partial charge in [0.25, 0.3) is 9.05 Å². The van der Waals surface area contributed by atoms with Crippen LogP contribution in [0.5, 0.6) is 0 Å². The minimum atomic E-state index is -4.02. The van der Waals surface area contributed by atoms with Gasteiger partial charge in [0.1, 0.15) is 66.3 Å². The molecule has 4 aliphatic heterocycles. The number of nitrogens with zero attached hydrogens (tertiary/aromatic N) is 2. The zero-order chi connectivity index (χ0) is 60.9. The number of sulfonamides is 2. The lowest BCUT2D eigenvalue weighted by atomic mass is 9.98. The predicted octanol–water partition coefficient (Wildman–Crippen LogP) is 6.79. The van der Waals surface area contributed by atoms with Gasteiger partial charge in [-0.15, -0.1) is 0 Å². The molecular formula is C54H66ClF7N4O14S3. The van der Waals surface area contributed by atoms with Crippen molar-refractivity contribution in [2.45, 2.75) is 167 Å². The number of nitrogens with one attached hydrogen (secondary N) is 2. The first-order valence-corrected chi connectivity index (χ1v) is 32.4. The molecule has 8 aliphatic rings. The number of ether oxygens (including phenoxy) is 4. The van der Waals surface area contributed by atoms with Crippen molar-refractivity contribution in [2.24, 2.45) is 23.7 Å². The minimum Gasteiger partial charge on any atom is -0.465 e. The molecule has 16 atom stereocenters. The number of hydrogen-bond acceptors (Lipinski definition) is 16. The zero-order valence-corrected chi connectivity index (χ0v) is 48.7. The first-order valence-electron chi connectivity index (χ1n) is 27.2. The van der Waals surface area contributed by atoms with Gasteiger partial charge in [-0.2, -0.15) is 8.61 Å². The van der Waals surface area contributed by atoms with E-state index in [1.54, 1.807) is 27.7 Å². The molecule has 29 heteroatoms. The van der Waals surface area contributed by atoms with E-state index in [9.17, 15) is 75.2 Å². The quantitative estimate of drug-likeness (QED) is 0.0776. The summed E-state index contributed by atoms with van der Waals surface area (Å²) >= 11 is 0. The molecule has 2 N–H and O–H groups in total. The molecule has 11 rings (SSSR count). The molecule has 0 amide bonds. The smallest absolute Gasteiger partial charge is 0.324 e. The van der Waals surface area contributed by atoms with Gasteiger partial charge in [-0.3, -0.25) is 24.5 Å². The lowest BCUT2D eigenvalue weighted by Crippen LogP contribution is -2.52. The summed E-state index contributed by atoms with van der Waals surface area (Å²) in [5.74, 6) is -4.95. The van der Waals surface area contributed by atoms with Crippen LogP contribution in [0, 0.1) is 41.1 Å². The van der Waals surface area contributed by atoms with Crippen molar-refractivity contribution in [2.75, 3.05) is 26.4 Å². The molecule has 3 aromatic carbocycles. The fourth-order valence-corrected chi connectivity index (χ4v) is 16.8. The third-order valence-corrected chi connectivity index (χ3v) is 21.1. The molecule has 4 saturated heterocycles. The molecule has 8 fully saturated rings. The summed E-state index contributed by atoms with van der Waals surface area (Å²) in [5, 5.41) is 6.07. The third-order valence-electron chi connectivity index (χ3n) is 15.9. The number of piperidine rings is 4. The molecule has 0 aromatic heterocycles. The van der Waals surface area contributed by atoms with Crippen LogP contribution < -0.4 is 10.6 Å². The Hall–Kier alpha value is -4.97. The lowest BCUT2D eigenvalue weighted by Gasteiger charge is -2.34. The fourth-order valence-electron chi connectivity index (χ4n) is 12.3. The van der Waals surface area contributed by atoms with Gasteiger partial charge >= 0.3 is 23.9 Å². The molecule has 4 heterocycles. The summed E-state index contributed by atoms with van der Waals surface area (Å²) in [7, 11) is -6.80. The normalized spacial score (nSPS) is 31.7. The minimum absolute atomic E-state index is 0.0704. The van der Waals surface area contributed by atoms with E-state index in [1.165, 1.54) is 0 Å². The number of carbonyl (C=O) groups excluding carboxylic acids is 4. The molecule has 0 spiro atoms. The van der Waals surface area contributed by atoms with Crippen molar-refractivity contribution >= 4 is 63.7 Å². The molecule has 83 heavy (non-hydrogen) atoms. The van der Waals surface area contributed by atoms with Crippen LogP contribution in [0.1, 0.15) is 79.1 Å². The van der Waals surface area contributed by atoms with Gasteiger partial charge in [0.2, 0.25) is 20.0 Å². The van der Waals surface area contributed by atoms with Gasteiger partial charge in [0.15, 0.2) is 0 Å². The van der Waals surface area contributed by atoms with E-state index in [2.05, 4.69) is 10.6 Å². The van der Waals surface area contributed by atoms with Crippen LogP contribution in [0.3, 0.4) is 0 Å². The standard InChI is InChI=1S/2C15H17F2NO4S.2C9H14FNO2.C6H4ClFO2S/c2*1-2-22-15(19)14-12-7-10(8-13(12)17)18(14)23(20,21)11-5-3-9(16)4-6-11;1-2-13-9(12)8-6-3-5(11-8)4-7(6)10;1-2-13-9(12)8-5-3-6(10)7(4-5)11-8;7-11(9,10)6-3-1-5(8)2-4-6/h2*3-6,10,12-14H,2,7-8H2,1H3;2*5-8,11H,2-4H2,1H3;1-4H. The van der Waals surface area contributed by atoms with Crippen LogP contribution >= 0.6 is 10.7 Å². The number of halogens is 8. The molecular weight excluding hydrogens is 1190 g/mol. The van der Waals surface area contributed by atoms with E-state index >= 15 is 0 Å². The summed E-state index contributed by atoms with van der Waals surface area (Å²) in [6.45, 7) is 7.70. The van der Waals surface area contributed by atoms with Gasteiger partial charge in [-0.1, -0.05) is 0 Å². The van der Waals surface area contributed by atoms with E-state index in [0.717, 1.165) is 94.2 Å². The summed E-state index contributed by atoms with van der Waals surface area (Å²) in [6.07, 6.45) is -0.644. The lowest BCUT2D eigenvalue weighted by molar-refractivity contribution is -0.150. The second kappa shape index (κ2) is 27.6. The maximum absolute atomic E-state index is 14.0. The maximum atomic E-state index is 14.0. The predicted molar refractivity (Wildman–Crippen MR) is 284 cm³/mol. The Balaban J connectivity index is 0.000000154. The molecule has 460 valence electrons. The van der Waals surface area contributed by atoms with E-state index < -0.39 is 125 Å². The fraction of sp³-hybridized carbons (Fsp3) is 0.593. The summed E-state index contributed by atoms with van der Waals surface area (Å²) in [6, 6.07) is 9.01. The molecule has 18 nitrogen and oxygen atoms in total. The van der Waals surface area contributed by atoms with Gasteiger partial charge in [0.05, 0.1) is 41.1 Å². The van der Waals surface area contributed by atoms with Gasteiger partial charge in [0, 0.05) is 52.6 Å². The number of carbonyl (C=O) groups is 4. The molecule has 8 bridgehead atoms. The SMILES string of the molecule is CCOC(=O)C1C2CC(CC2F)N1S(=O)(=O)c1ccc(F)cc1.CCOC(=O)C1C2CC(CC2F)N1S(=O)(=O)c1ccc(F)cc1.CCOC(=O)C1NC2CC(F)C1C2.CCOC(=O)C1NC2CC1CC2F.O=S(=O)(Cl)c1ccc(F)cc1. The monoisotopic (exact) mass is 1260 g/mol. The number of alkyl halides is 4. The Labute approximate surface area is 481 Å². The van der Waals surface area contributed by atoms with Crippen LogP contribution in [-0.4, -0.2) is 157 Å². The topological polar surface area (TPSA) is 238 Å². The molecule has 16 unspecified atom stereocenters. The Morgan fingerprint density at radius 3 is 1.18 bits per heavy atom. The highest BCUT2D eigenvalue weighted by Crippen LogP contribution is 2.49. The summed E-state index contributed by atoms with van der Waals surface area (Å²) < 4.78 is 187. The van der Waals surface area contributed by atoms with Gasteiger partial charge in [-0.05, 0) is 158 Å². The largest absolute Gasteiger partial charge is 0.465 e. The Morgan fingerprint density at radius 1 is 0.470 bits per heavy atom. The van der Waals surface area contributed by atoms with Crippen molar-refractivity contribution in [3.05, 3.63) is 90.2 Å². The van der Waals surface area contributed by atoms with Gasteiger partial charge in [-0.25, -0.2) is 56.0 Å². The highest BCUT2D eigenvalue weighted by Gasteiger charge is 2.61. The van der Waals surface area contributed by atoms with Crippen molar-refractivity contribution in [3.8, 4) is 0 Å². The van der Waals surface area contributed by atoms with E-state index in [0.29, 0.717) is 38.9 Å². The highest BCUT2D eigenvalue weighted by atomic mass is 35.7. The number of esters is 4. The summed E-state index contributed by atoms with van der Waals surface area (Å²) in [5.41, 5.74) is 0. The average molecular weight is 1260 g/mol. The van der Waals surface area contributed by atoms with Crippen molar-refractivity contribution < 1.29 is 94.1 Å². The Kier molecular flexibility index (Phi) is 21.8. The van der Waals surface area contributed by atoms with E-state index in [1.807, 2.05) is 0 Å². The van der Waals surface area contributed by atoms with Crippen molar-refractivity contribution in [1.82, 2.24) is 19.2 Å². The number of benzene rings is 3. The highest BCUT2D eigenvalue weighted by molar-refractivity contribution is 8.13. The number of hydrogen-bond donors (Lipinski definition) is 2. The second-order valence-electron chi connectivity index (χ2n) is 21.0. The van der Waals surface area contributed by atoms with Gasteiger partial charge < -0.3 is 24.3 Å². The first-order chi connectivity index (χ1) is 39.2. The third kappa shape index (κ3) is 14.8. The summed E-state index contributed by atoms with van der Waals surface area (Å²) in [4.78, 5) is 46.7. The molecule has 3 aromatic rings. The Bertz CT molecular complexity index is 2980. The van der Waals surface area contributed by atoms with Crippen LogP contribution in [0.2, 0.25) is 0 Å². The Morgan fingerprint density at radius 2 is 0.843 bits per heavy atom. The van der Waals surface area contributed by atoms with Crippen LogP contribution in [0.4, 0.5) is 30.7 Å². The number of fused-ring (bicyclic) bond motifs is 8. The van der Waals surface area contributed by atoms with Crippen LogP contribution in [0.15, 0.2) is 87.5 Å². The maximum Gasteiger partial charge on any atom is 0.324 e.